The molecule has 0 amide bonds. The molecule has 0 fully saturated rings. The number of Topliss-reactive ketones (excluding diaryl/α,β-unsaturated/α-hetero) is 1. The molecule has 0 unspecified atom stereocenters. The summed E-state index contributed by atoms with van der Waals surface area (Å²) in [6, 6.07) is 0. The third-order valence-corrected chi connectivity index (χ3v) is 4.11. The summed E-state index contributed by atoms with van der Waals surface area (Å²) in [4.78, 5) is 22.8. The van der Waals surface area contributed by atoms with Gasteiger partial charge in [0.1, 0.15) is 12.1 Å². The van der Waals surface area contributed by atoms with E-state index in [1.807, 2.05) is 0 Å². The molecule has 0 bridgehead atoms. The van der Waals surface area contributed by atoms with Crippen LogP contribution < -0.4 is 0 Å². The molecule has 2 heteroatoms. The molecule has 0 heterocycles. The first kappa shape index (κ1) is 18.3. The van der Waals surface area contributed by atoms with Crippen LogP contribution in [0.15, 0.2) is 0 Å². The van der Waals surface area contributed by atoms with E-state index >= 15 is 0 Å². The Bertz CT molecular complexity index is 234. The molecule has 2 nitrogen and oxygen atoms in total. The van der Waals surface area contributed by atoms with Gasteiger partial charge in [-0.05, 0) is 12.8 Å². The van der Waals surface area contributed by atoms with Crippen LogP contribution in [0.3, 0.4) is 0 Å². The van der Waals surface area contributed by atoms with Gasteiger partial charge < -0.3 is 4.79 Å². The quantitative estimate of drug-likeness (QED) is 0.265. The van der Waals surface area contributed by atoms with Gasteiger partial charge in [-0.15, -0.1) is 0 Å². The minimum absolute atomic E-state index is 0.0953. The molecule has 19 heavy (non-hydrogen) atoms. The van der Waals surface area contributed by atoms with Crippen molar-refractivity contribution in [1.29, 1.82) is 0 Å². The second kappa shape index (κ2) is 11.2. The number of hydrogen-bond donors (Lipinski definition) is 0. The van der Waals surface area contributed by atoms with Gasteiger partial charge in [0.15, 0.2) is 0 Å². The van der Waals surface area contributed by atoms with Crippen molar-refractivity contribution in [2.45, 2.75) is 91.4 Å². The fourth-order valence-electron chi connectivity index (χ4n) is 2.61. The largest absolute Gasteiger partial charge is 0.303 e. The highest BCUT2D eigenvalue weighted by Gasteiger charge is 2.31. The van der Waals surface area contributed by atoms with Crippen LogP contribution in [0.5, 0.6) is 0 Å². The molecule has 0 aliphatic heterocycles. The van der Waals surface area contributed by atoms with Crippen molar-refractivity contribution in [3.63, 3.8) is 0 Å². The summed E-state index contributed by atoms with van der Waals surface area (Å²) in [6.45, 7) is 6.46. The molecule has 0 saturated heterocycles. The number of hydrogen-bond acceptors (Lipinski definition) is 2. The van der Waals surface area contributed by atoms with Crippen LogP contribution in [0, 0.1) is 5.41 Å². The molecular formula is C17H32O2. The van der Waals surface area contributed by atoms with Crippen LogP contribution in [0.1, 0.15) is 91.4 Å². The molecule has 0 N–H and O–H groups in total. The topological polar surface area (TPSA) is 34.1 Å². The van der Waals surface area contributed by atoms with E-state index in [1.165, 1.54) is 38.5 Å². The highest BCUT2D eigenvalue weighted by Crippen LogP contribution is 2.33. The van der Waals surface area contributed by atoms with Crippen molar-refractivity contribution < 1.29 is 9.59 Å². The molecule has 0 aromatic carbocycles. The summed E-state index contributed by atoms with van der Waals surface area (Å²) < 4.78 is 0. The second-order valence-electron chi connectivity index (χ2n) is 5.98. The van der Waals surface area contributed by atoms with E-state index in [0.717, 1.165) is 32.0 Å². The van der Waals surface area contributed by atoms with Gasteiger partial charge in [-0.25, -0.2) is 0 Å². The van der Waals surface area contributed by atoms with Crippen molar-refractivity contribution in [3.8, 4) is 0 Å². The van der Waals surface area contributed by atoms with Gasteiger partial charge in [0.05, 0.1) is 6.42 Å². The Labute approximate surface area is 119 Å². The van der Waals surface area contributed by atoms with Crippen LogP contribution in [-0.2, 0) is 9.59 Å². The standard InChI is InChI=1S/C17H32O2/c1-4-6-8-10-13-17(3,16(19)12-15-18)14-11-9-7-5-2/h15H,4-14H2,1-3H3. The van der Waals surface area contributed by atoms with Crippen molar-refractivity contribution >= 4 is 12.1 Å². The Morgan fingerprint density at radius 1 is 0.895 bits per heavy atom. The third kappa shape index (κ3) is 8.18. The molecule has 0 saturated carbocycles. The Morgan fingerprint density at radius 2 is 1.37 bits per heavy atom. The van der Waals surface area contributed by atoms with Crippen LogP contribution >= 0.6 is 0 Å². The van der Waals surface area contributed by atoms with Gasteiger partial charge in [-0.1, -0.05) is 72.1 Å². The third-order valence-electron chi connectivity index (χ3n) is 4.11. The van der Waals surface area contributed by atoms with E-state index in [0.29, 0.717) is 0 Å². The van der Waals surface area contributed by atoms with Gasteiger partial charge in [0, 0.05) is 5.41 Å². The van der Waals surface area contributed by atoms with Crippen LogP contribution in [0.2, 0.25) is 0 Å². The molecular weight excluding hydrogens is 236 g/mol. The highest BCUT2D eigenvalue weighted by molar-refractivity contribution is 5.93. The van der Waals surface area contributed by atoms with Crippen molar-refractivity contribution in [3.05, 3.63) is 0 Å². The Hall–Kier alpha value is -0.660. The first-order chi connectivity index (χ1) is 9.10. The highest BCUT2D eigenvalue weighted by atomic mass is 16.1. The molecule has 0 spiro atoms. The summed E-state index contributed by atoms with van der Waals surface area (Å²) in [6.07, 6.45) is 12.3. The predicted molar refractivity (Wildman–Crippen MR) is 81.3 cm³/mol. The lowest BCUT2D eigenvalue weighted by Crippen LogP contribution is -2.28. The molecule has 0 aliphatic carbocycles. The number of aldehydes is 1. The Morgan fingerprint density at radius 3 is 1.74 bits per heavy atom. The van der Waals surface area contributed by atoms with E-state index in [1.54, 1.807) is 0 Å². The maximum atomic E-state index is 12.2. The van der Waals surface area contributed by atoms with E-state index < -0.39 is 0 Å². The normalized spacial score (nSPS) is 11.5. The number of carbonyl (C=O) groups excluding carboxylic acids is 2. The van der Waals surface area contributed by atoms with Crippen molar-refractivity contribution in [2.24, 2.45) is 5.41 Å². The number of ketones is 1. The van der Waals surface area contributed by atoms with Crippen LogP contribution in [-0.4, -0.2) is 12.1 Å². The predicted octanol–water partition coefficient (Wildman–Crippen LogP) is 5.09. The first-order valence-electron chi connectivity index (χ1n) is 8.07. The van der Waals surface area contributed by atoms with Gasteiger partial charge in [-0.2, -0.15) is 0 Å². The van der Waals surface area contributed by atoms with E-state index in [-0.39, 0.29) is 17.6 Å². The summed E-state index contributed by atoms with van der Waals surface area (Å²) in [5, 5.41) is 0. The average Bonchev–Trinajstić information content (AvgIpc) is 2.40. The van der Waals surface area contributed by atoms with E-state index in [9.17, 15) is 9.59 Å². The molecule has 112 valence electrons. The molecule has 0 radical (unpaired) electrons. The minimum Gasteiger partial charge on any atom is -0.303 e. The number of unbranched alkanes of at least 4 members (excludes halogenated alkanes) is 6. The van der Waals surface area contributed by atoms with Crippen LogP contribution in [0.4, 0.5) is 0 Å². The van der Waals surface area contributed by atoms with Gasteiger partial charge in [0.2, 0.25) is 0 Å². The van der Waals surface area contributed by atoms with Crippen molar-refractivity contribution in [2.75, 3.05) is 0 Å². The smallest absolute Gasteiger partial charge is 0.145 e. The van der Waals surface area contributed by atoms with E-state index in [4.69, 9.17) is 0 Å². The SMILES string of the molecule is CCCCCCC(C)(CCCCCC)C(=O)CC=O. The lowest BCUT2D eigenvalue weighted by molar-refractivity contribution is -0.130. The average molecular weight is 268 g/mol. The number of rotatable bonds is 13. The zero-order valence-electron chi connectivity index (χ0n) is 13.2. The maximum Gasteiger partial charge on any atom is 0.145 e. The Balaban J connectivity index is 4.26. The second-order valence-corrected chi connectivity index (χ2v) is 5.98. The minimum atomic E-state index is -0.262. The van der Waals surface area contributed by atoms with E-state index in [2.05, 4.69) is 20.8 Å². The molecule has 0 aliphatic rings. The lowest BCUT2D eigenvalue weighted by atomic mass is 9.75. The van der Waals surface area contributed by atoms with Crippen LogP contribution in [0.25, 0.3) is 0 Å². The Kier molecular flexibility index (Phi) is 10.8. The molecule has 0 rings (SSSR count). The molecule has 0 aromatic heterocycles. The molecule has 0 aromatic rings. The molecule has 0 atom stereocenters. The zero-order chi connectivity index (χ0) is 14.6. The summed E-state index contributed by atoms with van der Waals surface area (Å²) >= 11 is 0. The summed E-state index contributed by atoms with van der Waals surface area (Å²) in [5.74, 6) is 0.149. The number of carbonyl (C=O) groups is 2. The van der Waals surface area contributed by atoms with Crippen molar-refractivity contribution in [1.82, 2.24) is 0 Å². The fourth-order valence-corrected chi connectivity index (χ4v) is 2.61. The summed E-state index contributed by atoms with van der Waals surface area (Å²) in [7, 11) is 0. The zero-order valence-corrected chi connectivity index (χ0v) is 13.2. The fraction of sp³-hybridized carbons (Fsp3) is 0.882. The first-order valence-corrected chi connectivity index (χ1v) is 8.07. The monoisotopic (exact) mass is 268 g/mol. The van der Waals surface area contributed by atoms with Gasteiger partial charge in [0.25, 0.3) is 0 Å². The van der Waals surface area contributed by atoms with Gasteiger partial charge in [-0.3, -0.25) is 4.79 Å². The van der Waals surface area contributed by atoms with Gasteiger partial charge >= 0.3 is 0 Å². The maximum absolute atomic E-state index is 12.2. The lowest BCUT2D eigenvalue weighted by Gasteiger charge is -2.27. The summed E-state index contributed by atoms with van der Waals surface area (Å²) in [5.41, 5.74) is -0.262.